The largest absolute Gasteiger partial charge is 0.468 e. The quantitative estimate of drug-likeness (QED) is 0.647. The molecule has 0 amide bonds. The lowest BCUT2D eigenvalue weighted by molar-refractivity contribution is -0.140. The van der Waals surface area contributed by atoms with E-state index in [0.717, 1.165) is 5.69 Å². The Morgan fingerprint density at radius 1 is 1.55 bits per heavy atom. The van der Waals surface area contributed by atoms with Gasteiger partial charge in [-0.3, -0.25) is 9.48 Å². The highest BCUT2D eigenvalue weighted by atomic mass is 35.5. The molecule has 1 aliphatic carbocycles. The van der Waals surface area contributed by atoms with Crippen LogP contribution in [0.25, 0.3) is 0 Å². The van der Waals surface area contributed by atoms with Crippen molar-refractivity contribution in [1.29, 1.82) is 0 Å². The molecule has 0 aromatic carbocycles. The van der Waals surface area contributed by atoms with E-state index in [1.165, 1.54) is 39.2 Å². The van der Waals surface area contributed by atoms with Crippen LogP contribution in [0, 0.1) is 0 Å². The zero-order valence-electron chi connectivity index (χ0n) is 11.8. The lowest BCUT2D eigenvalue weighted by Gasteiger charge is -2.21. The molecule has 1 aromatic heterocycles. The van der Waals surface area contributed by atoms with Gasteiger partial charge < -0.3 is 10.1 Å². The number of ether oxygens (including phenoxy) is 1. The van der Waals surface area contributed by atoms with E-state index in [1.54, 1.807) is 0 Å². The minimum atomic E-state index is -0.652. The van der Waals surface area contributed by atoms with Crippen LogP contribution in [0.4, 0.5) is 0 Å². The zero-order valence-corrected chi connectivity index (χ0v) is 12.6. The molecule has 2 rings (SSSR count). The Morgan fingerprint density at radius 2 is 2.30 bits per heavy atom. The van der Waals surface area contributed by atoms with Gasteiger partial charge in [0.15, 0.2) is 0 Å². The van der Waals surface area contributed by atoms with Crippen LogP contribution in [-0.4, -0.2) is 34.8 Å². The summed E-state index contributed by atoms with van der Waals surface area (Å²) >= 11 is 5.86. The number of halogens is 1. The molecule has 1 heterocycles. The number of aromatic nitrogens is 2. The number of carbonyl (C=O) groups is 1. The van der Waals surface area contributed by atoms with Crippen molar-refractivity contribution in [2.45, 2.75) is 50.1 Å². The first kappa shape index (κ1) is 15.3. The van der Waals surface area contributed by atoms with Crippen LogP contribution in [0.3, 0.4) is 0 Å². The molecule has 1 fully saturated rings. The summed E-state index contributed by atoms with van der Waals surface area (Å²) in [6, 6.07) is 2.57. The van der Waals surface area contributed by atoms with Crippen molar-refractivity contribution in [2.24, 2.45) is 0 Å². The minimum Gasteiger partial charge on any atom is -0.468 e. The number of rotatable bonds is 6. The second kappa shape index (κ2) is 7.64. The molecular weight excluding hydrogens is 278 g/mol. The van der Waals surface area contributed by atoms with Crippen molar-refractivity contribution in [1.82, 2.24) is 15.1 Å². The van der Waals surface area contributed by atoms with E-state index in [0.29, 0.717) is 19.1 Å². The van der Waals surface area contributed by atoms with E-state index in [2.05, 4.69) is 19.8 Å². The van der Waals surface area contributed by atoms with Crippen molar-refractivity contribution in [3.05, 3.63) is 18.0 Å². The molecule has 1 unspecified atom stereocenters. The molecule has 1 aliphatic rings. The van der Waals surface area contributed by atoms with Crippen LogP contribution in [0.5, 0.6) is 0 Å². The fourth-order valence-electron chi connectivity index (χ4n) is 2.56. The maximum Gasteiger partial charge on any atom is 0.325 e. The number of hydrogen-bond acceptors (Lipinski definition) is 4. The Morgan fingerprint density at radius 3 is 3.00 bits per heavy atom. The molecule has 5 nitrogen and oxygen atoms in total. The topological polar surface area (TPSA) is 56.1 Å². The van der Waals surface area contributed by atoms with Gasteiger partial charge in [0.1, 0.15) is 5.38 Å². The summed E-state index contributed by atoms with van der Waals surface area (Å²) in [4.78, 5) is 11.2. The number of carbonyl (C=O) groups excluding carboxylic acids is 1. The first-order valence-electron chi connectivity index (χ1n) is 7.17. The van der Waals surface area contributed by atoms with Crippen molar-refractivity contribution < 1.29 is 9.53 Å². The summed E-state index contributed by atoms with van der Waals surface area (Å²) in [5.41, 5.74) is 0.976. The molecule has 0 radical (unpaired) electrons. The van der Waals surface area contributed by atoms with Crippen LogP contribution in [-0.2, 0) is 16.1 Å². The molecule has 1 saturated carbocycles. The van der Waals surface area contributed by atoms with Crippen LogP contribution in [0.2, 0.25) is 0 Å². The summed E-state index contributed by atoms with van der Waals surface area (Å²) < 4.78 is 6.65. The summed E-state index contributed by atoms with van der Waals surface area (Å²) in [5.74, 6) is -0.410. The first-order chi connectivity index (χ1) is 9.70. The van der Waals surface area contributed by atoms with Gasteiger partial charge in [-0.2, -0.15) is 5.10 Å². The normalized spacial score (nSPS) is 17.9. The number of methoxy groups -OCH3 is 1. The van der Waals surface area contributed by atoms with E-state index in [9.17, 15) is 4.79 Å². The van der Waals surface area contributed by atoms with E-state index >= 15 is 0 Å². The predicted molar refractivity (Wildman–Crippen MR) is 77.7 cm³/mol. The predicted octanol–water partition coefficient (Wildman–Crippen LogP) is 2.26. The van der Waals surface area contributed by atoms with Gasteiger partial charge in [0.25, 0.3) is 0 Å². The average Bonchev–Trinajstić information content (AvgIpc) is 2.96. The molecule has 1 atom stereocenters. The second-order valence-corrected chi connectivity index (χ2v) is 5.73. The minimum absolute atomic E-state index is 0.379. The highest BCUT2D eigenvalue weighted by Gasteiger charge is 2.17. The molecule has 0 aliphatic heterocycles. The molecule has 1 aromatic rings. The third-order valence-corrected chi connectivity index (χ3v) is 4.03. The van der Waals surface area contributed by atoms with Gasteiger partial charge in [-0.1, -0.05) is 19.3 Å². The Bertz CT molecular complexity index is 430. The lowest BCUT2D eigenvalue weighted by atomic mass is 9.96. The maximum atomic E-state index is 11.2. The highest BCUT2D eigenvalue weighted by molar-refractivity contribution is 6.30. The fraction of sp³-hybridized carbons (Fsp3) is 0.714. The van der Waals surface area contributed by atoms with Crippen molar-refractivity contribution in [3.63, 3.8) is 0 Å². The summed E-state index contributed by atoms with van der Waals surface area (Å²) in [5, 5.41) is 7.06. The van der Waals surface area contributed by atoms with E-state index in [-0.39, 0.29) is 0 Å². The molecule has 1 N–H and O–H groups in total. The standard InChI is InChI=1S/C14H22ClN3O2/c1-20-14(19)13(15)10-16-9-11-7-8-18(17-11)12-5-3-2-4-6-12/h7-8,12-13,16H,2-6,9-10H2,1H3. The second-order valence-electron chi connectivity index (χ2n) is 5.20. The Hall–Kier alpha value is -1.07. The lowest BCUT2D eigenvalue weighted by Crippen LogP contribution is -2.29. The Balaban J connectivity index is 1.76. The maximum absolute atomic E-state index is 11.2. The molecule has 0 bridgehead atoms. The molecule has 0 saturated heterocycles. The van der Waals surface area contributed by atoms with Crippen molar-refractivity contribution in [3.8, 4) is 0 Å². The van der Waals surface area contributed by atoms with Gasteiger partial charge in [0.2, 0.25) is 0 Å². The van der Waals surface area contributed by atoms with Gasteiger partial charge >= 0.3 is 5.97 Å². The number of nitrogens with one attached hydrogen (secondary N) is 1. The highest BCUT2D eigenvalue weighted by Crippen LogP contribution is 2.27. The Labute approximate surface area is 124 Å². The van der Waals surface area contributed by atoms with Gasteiger partial charge in [-0.15, -0.1) is 11.6 Å². The summed E-state index contributed by atoms with van der Waals surface area (Å²) in [6.45, 7) is 0.991. The van der Waals surface area contributed by atoms with Crippen LogP contribution < -0.4 is 5.32 Å². The van der Waals surface area contributed by atoms with Gasteiger partial charge in [0, 0.05) is 19.3 Å². The van der Waals surface area contributed by atoms with Crippen LogP contribution >= 0.6 is 11.6 Å². The zero-order chi connectivity index (χ0) is 14.4. The van der Waals surface area contributed by atoms with Gasteiger partial charge in [0.05, 0.1) is 18.8 Å². The smallest absolute Gasteiger partial charge is 0.325 e. The fourth-order valence-corrected chi connectivity index (χ4v) is 2.76. The third kappa shape index (κ3) is 4.21. The summed E-state index contributed by atoms with van der Waals surface area (Å²) in [7, 11) is 1.34. The molecule has 6 heteroatoms. The van der Waals surface area contributed by atoms with Crippen molar-refractivity contribution in [2.75, 3.05) is 13.7 Å². The van der Waals surface area contributed by atoms with E-state index < -0.39 is 11.3 Å². The number of nitrogens with zero attached hydrogens (tertiary/aromatic N) is 2. The SMILES string of the molecule is COC(=O)C(Cl)CNCc1ccn(C2CCCCC2)n1. The first-order valence-corrected chi connectivity index (χ1v) is 7.61. The Kier molecular flexibility index (Phi) is 5.86. The number of esters is 1. The van der Waals surface area contributed by atoms with Crippen molar-refractivity contribution >= 4 is 17.6 Å². The molecule has 20 heavy (non-hydrogen) atoms. The van der Waals surface area contributed by atoms with E-state index in [4.69, 9.17) is 11.6 Å². The van der Waals surface area contributed by atoms with Crippen LogP contribution in [0.15, 0.2) is 12.3 Å². The van der Waals surface area contributed by atoms with Gasteiger partial charge in [-0.25, -0.2) is 0 Å². The molecule has 0 spiro atoms. The van der Waals surface area contributed by atoms with Crippen LogP contribution in [0.1, 0.15) is 43.8 Å². The number of alkyl halides is 1. The van der Waals surface area contributed by atoms with E-state index in [1.807, 2.05) is 12.3 Å². The molecular formula is C14H22ClN3O2. The molecule has 112 valence electrons. The number of hydrogen-bond donors (Lipinski definition) is 1. The monoisotopic (exact) mass is 299 g/mol. The van der Waals surface area contributed by atoms with Gasteiger partial charge in [-0.05, 0) is 18.9 Å². The average molecular weight is 300 g/mol. The summed E-state index contributed by atoms with van der Waals surface area (Å²) in [6.07, 6.45) is 8.43. The third-order valence-electron chi connectivity index (χ3n) is 3.70.